The molecular weight excluding hydrogens is 282 g/mol. The van der Waals surface area contributed by atoms with Crippen molar-refractivity contribution in [3.63, 3.8) is 0 Å². The SMILES string of the molecule is Cc1cccc(Cn2cc(C(N)=S)c3c(N)ncnc32)c1. The van der Waals surface area contributed by atoms with E-state index in [1.807, 2.05) is 16.8 Å². The molecule has 0 fully saturated rings. The summed E-state index contributed by atoms with van der Waals surface area (Å²) in [6.07, 6.45) is 3.34. The molecule has 106 valence electrons. The first-order valence-corrected chi connectivity index (χ1v) is 6.91. The van der Waals surface area contributed by atoms with Crippen LogP contribution in [0, 0.1) is 6.92 Å². The molecule has 4 N–H and O–H groups in total. The number of aromatic nitrogens is 3. The number of hydrogen-bond donors (Lipinski definition) is 2. The zero-order valence-electron chi connectivity index (χ0n) is 11.6. The molecule has 0 atom stereocenters. The molecule has 21 heavy (non-hydrogen) atoms. The molecule has 0 saturated heterocycles. The van der Waals surface area contributed by atoms with Gasteiger partial charge in [0.25, 0.3) is 0 Å². The van der Waals surface area contributed by atoms with Crippen LogP contribution in [-0.2, 0) is 6.54 Å². The van der Waals surface area contributed by atoms with Gasteiger partial charge >= 0.3 is 0 Å². The number of benzene rings is 1. The number of rotatable bonds is 3. The van der Waals surface area contributed by atoms with E-state index in [9.17, 15) is 0 Å². The van der Waals surface area contributed by atoms with E-state index in [1.165, 1.54) is 17.5 Å². The molecule has 0 spiro atoms. The third-order valence-electron chi connectivity index (χ3n) is 3.38. The number of thiocarbonyl (C=S) groups is 1. The largest absolute Gasteiger partial charge is 0.389 e. The summed E-state index contributed by atoms with van der Waals surface area (Å²) in [4.78, 5) is 8.64. The summed E-state index contributed by atoms with van der Waals surface area (Å²) < 4.78 is 2.00. The van der Waals surface area contributed by atoms with Gasteiger partial charge in [-0.1, -0.05) is 42.0 Å². The van der Waals surface area contributed by atoms with E-state index in [0.717, 1.165) is 11.0 Å². The van der Waals surface area contributed by atoms with E-state index < -0.39 is 0 Å². The third-order valence-corrected chi connectivity index (χ3v) is 3.60. The Morgan fingerprint density at radius 3 is 2.86 bits per heavy atom. The smallest absolute Gasteiger partial charge is 0.146 e. The standard InChI is InChI=1S/C15H15N5S/c1-9-3-2-4-10(5-9)6-20-7-11(14(17)21)12-13(16)18-8-19-15(12)20/h2-5,7-8H,6H2,1H3,(H2,17,21)(H2,16,18,19). The first kappa shape index (κ1) is 13.5. The quantitative estimate of drug-likeness (QED) is 0.723. The van der Waals surface area contributed by atoms with Crippen molar-refractivity contribution >= 4 is 34.1 Å². The lowest BCUT2D eigenvalue weighted by molar-refractivity contribution is 0.822. The van der Waals surface area contributed by atoms with Gasteiger partial charge in [0.1, 0.15) is 22.8 Å². The average Bonchev–Trinajstić information content (AvgIpc) is 2.79. The van der Waals surface area contributed by atoms with Crippen LogP contribution in [0.2, 0.25) is 0 Å². The minimum absolute atomic E-state index is 0.296. The topological polar surface area (TPSA) is 82.8 Å². The lowest BCUT2D eigenvalue weighted by atomic mass is 10.1. The first-order chi connectivity index (χ1) is 10.1. The van der Waals surface area contributed by atoms with Crippen LogP contribution in [0.15, 0.2) is 36.8 Å². The molecule has 0 bridgehead atoms. The lowest BCUT2D eigenvalue weighted by Gasteiger charge is -2.05. The summed E-state index contributed by atoms with van der Waals surface area (Å²) in [5.74, 6) is 0.394. The van der Waals surface area contributed by atoms with E-state index in [0.29, 0.717) is 22.9 Å². The highest BCUT2D eigenvalue weighted by atomic mass is 32.1. The van der Waals surface area contributed by atoms with Gasteiger partial charge in [-0.2, -0.15) is 0 Å². The second-order valence-corrected chi connectivity index (χ2v) is 5.42. The number of nitrogen functional groups attached to an aromatic ring is 1. The number of anilines is 1. The van der Waals surface area contributed by atoms with Crippen LogP contribution < -0.4 is 11.5 Å². The number of nitrogens with zero attached hydrogens (tertiary/aromatic N) is 3. The highest BCUT2D eigenvalue weighted by Crippen LogP contribution is 2.24. The Labute approximate surface area is 127 Å². The molecule has 3 aromatic rings. The molecule has 2 aromatic heterocycles. The number of fused-ring (bicyclic) bond motifs is 1. The van der Waals surface area contributed by atoms with E-state index in [-0.39, 0.29) is 0 Å². The molecule has 0 unspecified atom stereocenters. The van der Waals surface area contributed by atoms with Crippen molar-refractivity contribution in [2.24, 2.45) is 5.73 Å². The van der Waals surface area contributed by atoms with Gasteiger partial charge in [0.15, 0.2) is 0 Å². The molecule has 2 heterocycles. The Balaban J connectivity index is 2.15. The molecule has 0 aliphatic heterocycles. The molecule has 6 heteroatoms. The summed E-state index contributed by atoms with van der Waals surface area (Å²) in [5, 5.41) is 0.720. The minimum Gasteiger partial charge on any atom is -0.389 e. The van der Waals surface area contributed by atoms with Gasteiger partial charge < -0.3 is 16.0 Å². The molecule has 0 radical (unpaired) electrons. The van der Waals surface area contributed by atoms with Crippen LogP contribution >= 0.6 is 12.2 Å². The van der Waals surface area contributed by atoms with Crippen LogP contribution in [0.3, 0.4) is 0 Å². The van der Waals surface area contributed by atoms with Gasteiger partial charge in [0, 0.05) is 18.3 Å². The zero-order chi connectivity index (χ0) is 15.0. The van der Waals surface area contributed by atoms with Gasteiger partial charge in [0.2, 0.25) is 0 Å². The Hall–Kier alpha value is -2.47. The highest BCUT2D eigenvalue weighted by Gasteiger charge is 2.15. The van der Waals surface area contributed by atoms with Crippen molar-refractivity contribution in [3.8, 4) is 0 Å². The maximum Gasteiger partial charge on any atom is 0.146 e. The fourth-order valence-electron chi connectivity index (χ4n) is 2.46. The van der Waals surface area contributed by atoms with E-state index in [4.69, 9.17) is 23.7 Å². The zero-order valence-corrected chi connectivity index (χ0v) is 12.4. The van der Waals surface area contributed by atoms with Crippen molar-refractivity contribution < 1.29 is 0 Å². The van der Waals surface area contributed by atoms with Crippen LogP contribution in [0.4, 0.5) is 5.82 Å². The van der Waals surface area contributed by atoms with E-state index in [1.54, 1.807) is 0 Å². The fraction of sp³-hybridized carbons (Fsp3) is 0.133. The maximum absolute atomic E-state index is 5.95. The Morgan fingerprint density at radius 2 is 2.14 bits per heavy atom. The van der Waals surface area contributed by atoms with Crippen LogP contribution in [0.5, 0.6) is 0 Å². The Bertz CT molecular complexity index is 837. The third kappa shape index (κ3) is 2.45. The van der Waals surface area contributed by atoms with Gasteiger partial charge in [-0.3, -0.25) is 0 Å². The normalized spacial score (nSPS) is 10.9. The predicted molar refractivity (Wildman–Crippen MR) is 88.1 cm³/mol. The number of aryl methyl sites for hydroxylation is 1. The Kier molecular flexibility index (Phi) is 3.31. The average molecular weight is 297 g/mol. The highest BCUT2D eigenvalue weighted by molar-refractivity contribution is 7.80. The fourth-order valence-corrected chi connectivity index (χ4v) is 2.62. The first-order valence-electron chi connectivity index (χ1n) is 6.51. The van der Waals surface area contributed by atoms with Crippen LogP contribution in [0.25, 0.3) is 11.0 Å². The van der Waals surface area contributed by atoms with Crippen LogP contribution in [-0.4, -0.2) is 19.5 Å². The minimum atomic E-state index is 0.296. The molecule has 3 rings (SSSR count). The number of hydrogen-bond acceptors (Lipinski definition) is 4. The van der Waals surface area contributed by atoms with Gasteiger partial charge in [-0.05, 0) is 12.5 Å². The van der Waals surface area contributed by atoms with Gasteiger partial charge in [-0.15, -0.1) is 0 Å². The second-order valence-electron chi connectivity index (χ2n) is 4.98. The lowest BCUT2D eigenvalue weighted by Crippen LogP contribution is -2.09. The van der Waals surface area contributed by atoms with Crippen molar-refractivity contribution in [1.82, 2.24) is 14.5 Å². The summed E-state index contributed by atoms with van der Waals surface area (Å²) in [5.41, 5.74) is 15.6. The second kappa shape index (κ2) is 5.14. The van der Waals surface area contributed by atoms with Crippen molar-refractivity contribution in [3.05, 3.63) is 53.5 Å². The number of nitrogens with two attached hydrogens (primary N) is 2. The summed E-state index contributed by atoms with van der Waals surface area (Å²) >= 11 is 5.10. The molecule has 0 aliphatic rings. The van der Waals surface area contributed by atoms with Crippen LogP contribution in [0.1, 0.15) is 16.7 Å². The molecule has 0 saturated carbocycles. The summed E-state index contributed by atoms with van der Waals surface area (Å²) in [7, 11) is 0. The summed E-state index contributed by atoms with van der Waals surface area (Å²) in [6, 6.07) is 8.31. The summed E-state index contributed by atoms with van der Waals surface area (Å²) in [6.45, 7) is 2.75. The molecule has 5 nitrogen and oxygen atoms in total. The van der Waals surface area contributed by atoms with Gasteiger partial charge in [-0.25, -0.2) is 9.97 Å². The van der Waals surface area contributed by atoms with Crippen molar-refractivity contribution in [1.29, 1.82) is 0 Å². The monoisotopic (exact) mass is 297 g/mol. The molecule has 1 aromatic carbocycles. The van der Waals surface area contributed by atoms with Gasteiger partial charge in [0.05, 0.1) is 5.39 Å². The van der Waals surface area contributed by atoms with E-state index in [2.05, 4.69) is 35.1 Å². The van der Waals surface area contributed by atoms with E-state index >= 15 is 0 Å². The Morgan fingerprint density at radius 1 is 1.33 bits per heavy atom. The maximum atomic E-state index is 5.95. The molecule has 0 aliphatic carbocycles. The molecule has 0 amide bonds. The molecular formula is C15H15N5S. The predicted octanol–water partition coefficient (Wildman–Crippen LogP) is 2.00. The van der Waals surface area contributed by atoms with Crippen molar-refractivity contribution in [2.75, 3.05) is 5.73 Å². The van der Waals surface area contributed by atoms with Crippen molar-refractivity contribution in [2.45, 2.75) is 13.5 Å².